The molecular weight excluding hydrogens is 205 g/mol. The first-order valence-electron chi connectivity index (χ1n) is 5.33. The fourth-order valence-corrected chi connectivity index (χ4v) is 1.55. The van der Waals surface area contributed by atoms with Crippen LogP contribution in [0.25, 0.3) is 0 Å². The summed E-state index contributed by atoms with van der Waals surface area (Å²) in [6.45, 7) is 1.42. The van der Waals surface area contributed by atoms with Crippen LogP contribution >= 0.6 is 0 Å². The molecule has 0 saturated carbocycles. The fourth-order valence-electron chi connectivity index (χ4n) is 1.55. The van der Waals surface area contributed by atoms with Gasteiger partial charge in [0.1, 0.15) is 11.6 Å². The van der Waals surface area contributed by atoms with E-state index < -0.39 is 0 Å². The summed E-state index contributed by atoms with van der Waals surface area (Å²) in [6.07, 6.45) is 2.33. The molecule has 84 valence electrons. The van der Waals surface area contributed by atoms with Crippen molar-refractivity contribution >= 4 is 0 Å². The van der Waals surface area contributed by atoms with Crippen LogP contribution in [0.1, 0.15) is 11.3 Å². The molecule has 0 fully saturated rings. The summed E-state index contributed by atoms with van der Waals surface area (Å²) in [7, 11) is 0. The van der Waals surface area contributed by atoms with Crippen LogP contribution in [0.15, 0.2) is 47.1 Å². The van der Waals surface area contributed by atoms with E-state index in [2.05, 4.69) is 5.32 Å². The van der Waals surface area contributed by atoms with Crippen molar-refractivity contribution in [3.8, 4) is 0 Å². The molecule has 0 radical (unpaired) electrons. The summed E-state index contributed by atoms with van der Waals surface area (Å²) in [5.74, 6) is 0.760. The molecule has 0 atom stereocenters. The van der Waals surface area contributed by atoms with E-state index in [1.165, 1.54) is 6.07 Å². The van der Waals surface area contributed by atoms with Gasteiger partial charge in [-0.25, -0.2) is 4.39 Å². The Hall–Kier alpha value is -1.61. The predicted octanol–water partition coefficient (Wildman–Crippen LogP) is 2.75. The minimum atomic E-state index is -0.137. The van der Waals surface area contributed by atoms with Crippen molar-refractivity contribution in [2.45, 2.75) is 13.0 Å². The summed E-state index contributed by atoms with van der Waals surface area (Å²) < 4.78 is 18.4. The minimum absolute atomic E-state index is 0.137. The molecule has 2 aromatic rings. The zero-order valence-electron chi connectivity index (χ0n) is 8.95. The van der Waals surface area contributed by atoms with Gasteiger partial charge in [-0.3, -0.25) is 0 Å². The van der Waals surface area contributed by atoms with Crippen molar-refractivity contribution in [3.05, 3.63) is 59.8 Å². The van der Waals surface area contributed by atoms with Crippen LogP contribution in [0.4, 0.5) is 4.39 Å². The zero-order chi connectivity index (χ0) is 11.2. The molecule has 0 saturated heterocycles. The Morgan fingerprint density at radius 3 is 2.75 bits per heavy atom. The lowest BCUT2D eigenvalue weighted by atomic mass is 10.1. The monoisotopic (exact) mass is 219 g/mol. The van der Waals surface area contributed by atoms with Gasteiger partial charge in [-0.1, -0.05) is 18.2 Å². The average molecular weight is 219 g/mol. The van der Waals surface area contributed by atoms with Gasteiger partial charge in [-0.2, -0.15) is 0 Å². The highest BCUT2D eigenvalue weighted by molar-refractivity contribution is 5.17. The number of hydrogen-bond acceptors (Lipinski definition) is 2. The molecule has 0 bridgehead atoms. The van der Waals surface area contributed by atoms with E-state index in [9.17, 15) is 4.39 Å². The third-order valence-electron chi connectivity index (χ3n) is 2.41. The highest BCUT2D eigenvalue weighted by Gasteiger charge is 2.00. The van der Waals surface area contributed by atoms with E-state index in [4.69, 9.17) is 4.42 Å². The third kappa shape index (κ3) is 2.94. The van der Waals surface area contributed by atoms with E-state index in [0.29, 0.717) is 13.0 Å². The molecule has 3 heteroatoms. The summed E-state index contributed by atoms with van der Waals surface area (Å²) in [5.41, 5.74) is 0.745. The maximum Gasteiger partial charge on any atom is 0.126 e. The van der Waals surface area contributed by atoms with E-state index >= 15 is 0 Å². The van der Waals surface area contributed by atoms with Crippen molar-refractivity contribution in [2.24, 2.45) is 0 Å². The Morgan fingerprint density at radius 1 is 1.12 bits per heavy atom. The predicted molar refractivity (Wildman–Crippen MR) is 60.5 cm³/mol. The first-order chi connectivity index (χ1) is 7.86. The van der Waals surface area contributed by atoms with Gasteiger partial charge in [0.05, 0.1) is 12.8 Å². The quantitative estimate of drug-likeness (QED) is 0.782. The SMILES string of the molecule is Fc1ccccc1CCNCc1ccco1. The molecule has 1 heterocycles. The maximum absolute atomic E-state index is 13.2. The highest BCUT2D eigenvalue weighted by Crippen LogP contribution is 2.06. The van der Waals surface area contributed by atoms with Crippen LogP contribution < -0.4 is 5.32 Å². The lowest BCUT2D eigenvalue weighted by molar-refractivity contribution is 0.483. The molecule has 0 aliphatic rings. The number of halogens is 1. The lowest BCUT2D eigenvalue weighted by Gasteiger charge is -2.04. The number of benzene rings is 1. The van der Waals surface area contributed by atoms with Crippen molar-refractivity contribution < 1.29 is 8.81 Å². The normalized spacial score (nSPS) is 10.6. The molecule has 1 N–H and O–H groups in total. The second kappa shape index (κ2) is 5.47. The van der Waals surface area contributed by atoms with E-state index in [0.717, 1.165) is 17.9 Å². The summed E-state index contributed by atoms with van der Waals surface area (Å²) >= 11 is 0. The van der Waals surface area contributed by atoms with Crippen molar-refractivity contribution in [1.29, 1.82) is 0 Å². The van der Waals surface area contributed by atoms with Gasteiger partial charge in [0.2, 0.25) is 0 Å². The molecule has 1 aromatic carbocycles. The minimum Gasteiger partial charge on any atom is -0.468 e. The molecule has 0 aliphatic carbocycles. The van der Waals surface area contributed by atoms with Crippen LogP contribution in [0, 0.1) is 5.82 Å². The van der Waals surface area contributed by atoms with Crippen molar-refractivity contribution in [3.63, 3.8) is 0 Å². The zero-order valence-corrected chi connectivity index (χ0v) is 8.95. The summed E-state index contributed by atoms with van der Waals surface area (Å²) in [4.78, 5) is 0. The Morgan fingerprint density at radius 2 is 2.00 bits per heavy atom. The number of nitrogens with one attached hydrogen (secondary N) is 1. The Labute approximate surface area is 94.1 Å². The molecule has 16 heavy (non-hydrogen) atoms. The van der Waals surface area contributed by atoms with Crippen LogP contribution in [0.5, 0.6) is 0 Å². The van der Waals surface area contributed by atoms with Gasteiger partial charge in [-0.05, 0) is 36.7 Å². The number of furan rings is 1. The van der Waals surface area contributed by atoms with E-state index in [1.807, 2.05) is 24.3 Å². The molecule has 0 spiro atoms. The van der Waals surface area contributed by atoms with Gasteiger partial charge in [-0.15, -0.1) is 0 Å². The highest BCUT2D eigenvalue weighted by atomic mass is 19.1. The molecular formula is C13H14FNO. The van der Waals surface area contributed by atoms with Gasteiger partial charge < -0.3 is 9.73 Å². The van der Waals surface area contributed by atoms with Gasteiger partial charge >= 0.3 is 0 Å². The average Bonchev–Trinajstić information content (AvgIpc) is 2.79. The lowest BCUT2D eigenvalue weighted by Crippen LogP contribution is -2.16. The number of rotatable bonds is 5. The molecule has 2 rings (SSSR count). The fraction of sp³-hybridized carbons (Fsp3) is 0.231. The second-order valence-corrected chi connectivity index (χ2v) is 3.60. The Balaban J connectivity index is 1.74. The van der Waals surface area contributed by atoms with E-state index in [1.54, 1.807) is 12.3 Å². The van der Waals surface area contributed by atoms with Crippen LogP contribution in [0.2, 0.25) is 0 Å². The molecule has 0 unspecified atom stereocenters. The molecule has 0 aliphatic heterocycles. The standard InChI is InChI=1S/C13H14FNO/c14-13-6-2-1-4-11(13)7-8-15-10-12-5-3-9-16-12/h1-6,9,15H,7-8,10H2. The first kappa shape index (κ1) is 10.9. The first-order valence-corrected chi connectivity index (χ1v) is 5.33. The Kier molecular flexibility index (Phi) is 3.72. The largest absolute Gasteiger partial charge is 0.468 e. The summed E-state index contributed by atoms with van der Waals surface area (Å²) in [5, 5.41) is 3.20. The van der Waals surface area contributed by atoms with E-state index in [-0.39, 0.29) is 5.82 Å². The number of hydrogen-bond donors (Lipinski definition) is 1. The Bertz CT molecular complexity index is 425. The topological polar surface area (TPSA) is 25.2 Å². The van der Waals surface area contributed by atoms with Crippen molar-refractivity contribution in [1.82, 2.24) is 5.32 Å². The molecule has 2 nitrogen and oxygen atoms in total. The second-order valence-electron chi connectivity index (χ2n) is 3.60. The van der Waals surface area contributed by atoms with Crippen LogP contribution in [-0.2, 0) is 13.0 Å². The third-order valence-corrected chi connectivity index (χ3v) is 2.41. The van der Waals surface area contributed by atoms with Gasteiger partial charge in [0.25, 0.3) is 0 Å². The van der Waals surface area contributed by atoms with Crippen LogP contribution in [-0.4, -0.2) is 6.54 Å². The molecule has 0 amide bonds. The summed E-state index contributed by atoms with van der Waals surface area (Å²) in [6, 6.07) is 10.6. The van der Waals surface area contributed by atoms with Gasteiger partial charge in [0.15, 0.2) is 0 Å². The van der Waals surface area contributed by atoms with Gasteiger partial charge in [0, 0.05) is 0 Å². The smallest absolute Gasteiger partial charge is 0.126 e. The molecule has 1 aromatic heterocycles. The van der Waals surface area contributed by atoms with Crippen molar-refractivity contribution in [2.75, 3.05) is 6.54 Å². The van der Waals surface area contributed by atoms with Crippen LogP contribution in [0.3, 0.4) is 0 Å². The maximum atomic E-state index is 13.2.